The first-order valence-corrected chi connectivity index (χ1v) is 12.5. The molecule has 0 radical (unpaired) electrons. The van der Waals surface area contributed by atoms with E-state index in [4.69, 9.17) is 14.2 Å². The van der Waals surface area contributed by atoms with Crippen molar-refractivity contribution in [1.29, 1.82) is 0 Å². The zero-order valence-electron chi connectivity index (χ0n) is 20.1. The van der Waals surface area contributed by atoms with Gasteiger partial charge >= 0.3 is 5.97 Å². The van der Waals surface area contributed by atoms with Crippen LogP contribution in [0.15, 0.2) is 53.0 Å². The number of nitrogens with zero attached hydrogens (tertiary/aromatic N) is 2. The topological polar surface area (TPSA) is 60.9 Å². The van der Waals surface area contributed by atoms with E-state index in [0.29, 0.717) is 55.4 Å². The minimum absolute atomic E-state index is 0.0209. The van der Waals surface area contributed by atoms with E-state index in [0.717, 1.165) is 10.5 Å². The Morgan fingerprint density at radius 1 is 1.14 bits per heavy atom. The zero-order valence-corrected chi connectivity index (χ0v) is 21.7. The number of hydrogen-bond donors (Lipinski definition) is 0. The van der Waals surface area contributed by atoms with Crippen molar-refractivity contribution in [3.05, 3.63) is 70.2 Å². The molecule has 1 aromatic heterocycles. The molecule has 0 spiro atoms. The average Bonchev–Trinajstić information content (AvgIpc) is 2.88. The third-order valence-corrected chi connectivity index (χ3v) is 6.57. The number of piperidine rings is 1. The molecule has 4 rings (SSSR count). The number of aromatic nitrogens is 1. The van der Waals surface area contributed by atoms with Crippen molar-refractivity contribution in [2.24, 2.45) is 5.92 Å². The predicted molar refractivity (Wildman–Crippen MR) is 136 cm³/mol. The molecule has 3 aromatic rings. The van der Waals surface area contributed by atoms with Crippen LogP contribution >= 0.6 is 15.9 Å². The molecule has 1 aliphatic rings. The summed E-state index contributed by atoms with van der Waals surface area (Å²) in [5.74, 6) is -0.676. The van der Waals surface area contributed by atoms with E-state index in [9.17, 15) is 13.6 Å². The molecule has 0 N–H and O–H groups in total. The smallest absolute Gasteiger partial charge is 0.309 e. The lowest BCUT2D eigenvalue weighted by molar-refractivity contribution is -0.148. The van der Waals surface area contributed by atoms with E-state index < -0.39 is 11.6 Å². The SMILES string of the molecule is CCOC(=O)C1CCN(c2cccc(-c3cc(F)cc(F)c3OCc3ccc(Br)cc3OC)n2)CC1. The fraction of sp³-hybridized carbons (Fsp3) is 0.333. The van der Waals surface area contributed by atoms with Crippen LogP contribution in [0.5, 0.6) is 11.5 Å². The summed E-state index contributed by atoms with van der Waals surface area (Å²) in [5.41, 5.74) is 1.31. The molecule has 0 saturated carbocycles. The third-order valence-electron chi connectivity index (χ3n) is 6.08. The number of pyridine rings is 1. The Kier molecular flexibility index (Phi) is 8.40. The van der Waals surface area contributed by atoms with Crippen molar-refractivity contribution in [2.45, 2.75) is 26.4 Å². The number of benzene rings is 2. The fourth-order valence-electron chi connectivity index (χ4n) is 4.24. The molecule has 1 fully saturated rings. The number of halogens is 3. The molecule has 0 unspecified atom stereocenters. The Hall–Kier alpha value is -3.20. The summed E-state index contributed by atoms with van der Waals surface area (Å²) in [7, 11) is 1.54. The lowest BCUT2D eigenvalue weighted by Gasteiger charge is -2.32. The van der Waals surface area contributed by atoms with Crippen LogP contribution in [0.2, 0.25) is 0 Å². The van der Waals surface area contributed by atoms with Crippen LogP contribution in [0, 0.1) is 17.6 Å². The van der Waals surface area contributed by atoms with Gasteiger partial charge in [-0.25, -0.2) is 13.8 Å². The molecule has 6 nitrogen and oxygen atoms in total. The lowest BCUT2D eigenvalue weighted by atomic mass is 9.97. The molecule has 2 heterocycles. The highest BCUT2D eigenvalue weighted by Gasteiger charge is 2.27. The van der Waals surface area contributed by atoms with E-state index in [2.05, 4.69) is 25.8 Å². The van der Waals surface area contributed by atoms with Gasteiger partial charge in [0, 0.05) is 34.8 Å². The number of ether oxygens (including phenoxy) is 3. The van der Waals surface area contributed by atoms with Crippen LogP contribution in [0.1, 0.15) is 25.3 Å². The number of hydrogen-bond acceptors (Lipinski definition) is 6. The first kappa shape index (κ1) is 25.9. The van der Waals surface area contributed by atoms with Crippen LogP contribution in [0.25, 0.3) is 11.3 Å². The van der Waals surface area contributed by atoms with E-state index in [1.165, 1.54) is 6.07 Å². The van der Waals surface area contributed by atoms with Crippen molar-refractivity contribution in [1.82, 2.24) is 4.98 Å². The van der Waals surface area contributed by atoms with Gasteiger partial charge in [0.1, 0.15) is 24.0 Å². The summed E-state index contributed by atoms with van der Waals surface area (Å²) >= 11 is 3.39. The number of carbonyl (C=O) groups excluding carboxylic acids is 1. The first-order valence-electron chi connectivity index (χ1n) is 11.7. The van der Waals surface area contributed by atoms with Crippen LogP contribution < -0.4 is 14.4 Å². The molecule has 2 aromatic carbocycles. The van der Waals surface area contributed by atoms with E-state index in [1.807, 2.05) is 18.2 Å². The number of carbonyl (C=O) groups is 1. The molecule has 0 amide bonds. The van der Waals surface area contributed by atoms with Crippen LogP contribution in [-0.2, 0) is 16.1 Å². The molecule has 9 heteroatoms. The van der Waals surface area contributed by atoms with E-state index >= 15 is 0 Å². The molecule has 0 bridgehead atoms. The third kappa shape index (κ3) is 5.95. The van der Waals surface area contributed by atoms with Crippen LogP contribution in [-0.4, -0.2) is 37.8 Å². The van der Waals surface area contributed by atoms with Gasteiger partial charge in [-0.2, -0.15) is 0 Å². The average molecular weight is 561 g/mol. The summed E-state index contributed by atoms with van der Waals surface area (Å²) in [5, 5.41) is 0. The van der Waals surface area contributed by atoms with Crippen molar-refractivity contribution in [3.63, 3.8) is 0 Å². The van der Waals surface area contributed by atoms with Gasteiger partial charge < -0.3 is 19.1 Å². The van der Waals surface area contributed by atoms with Gasteiger partial charge in [-0.3, -0.25) is 4.79 Å². The number of anilines is 1. The molecular formula is C27H27BrF2N2O4. The highest BCUT2D eigenvalue weighted by atomic mass is 79.9. The summed E-state index contributed by atoms with van der Waals surface area (Å²) in [6, 6.07) is 12.8. The summed E-state index contributed by atoms with van der Waals surface area (Å²) < 4.78 is 46.4. The second kappa shape index (κ2) is 11.7. The number of esters is 1. The van der Waals surface area contributed by atoms with Gasteiger partial charge in [0.05, 0.1) is 25.3 Å². The van der Waals surface area contributed by atoms with Crippen LogP contribution in [0.3, 0.4) is 0 Å². The number of rotatable bonds is 8. The summed E-state index contributed by atoms with van der Waals surface area (Å²) in [4.78, 5) is 18.8. The normalized spacial score (nSPS) is 14.0. The van der Waals surface area contributed by atoms with Gasteiger partial charge in [0.25, 0.3) is 0 Å². The lowest BCUT2D eigenvalue weighted by Crippen LogP contribution is -2.37. The molecule has 0 aliphatic carbocycles. The Bertz CT molecular complexity index is 1230. The highest BCUT2D eigenvalue weighted by molar-refractivity contribution is 9.10. The van der Waals surface area contributed by atoms with Crippen molar-refractivity contribution >= 4 is 27.7 Å². The first-order chi connectivity index (χ1) is 17.4. The second-order valence-corrected chi connectivity index (χ2v) is 9.32. The molecule has 1 aliphatic heterocycles. The summed E-state index contributed by atoms with van der Waals surface area (Å²) in [6.07, 6.45) is 1.31. The second-order valence-electron chi connectivity index (χ2n) is 8.40. The summed E-state index contributed by atoms with van der Waals surface area (Å²) in [6.45, 7) is 3.44. The maximum absolute atomic E-state index is 14.9. The standard InChI is InChI=1S/C27H27BrF2N2O4/c1-3-35-27(33)17-9-11-32(12-10-17)25-6-4-5-23(31-25)21-14-20(29)15-22(30)26(21)36-16-18-7-8-19(28)13-24(18)34-2/h4-8,13-15,17H,3,9-12,16H2,1-2H3. The van der Waals surface area contributed by atoms with Gasteiger partial charge in [0.15, 0.2) is 11.6 Å². The largest absolute Gasteiger partial charge is 0.496 e. The predicted octanol–water partition coefficient (Wildman–Crippen LogP) is 6.16. The van der Waals surface area contributed by atoms with Crippen molar-refractivity contribution in [2.75, 3.05) is 31.7 Å². The van der Waals surface area contributed by atoms with Crippen molar-refractivity contribution in [3.8, 4) is 22.8 Å². The Morgan fingerprint density at radius 2 is 1.92 bits per heavy atom. The Balaban J connectivity index is 1.57. The van der Waals surface area contributed by atoms with Crippen molar-refractivity contribution < 1.29 is 27.8 Å². The quantitative estimate of drug-likeness (QED) is 0.308. The minimum atomic E-state index is -0.816. The molecule has 190 valence electrons. The Morgan fingerprint density at radius 3 is 2.64 bits per heavy atom. The van der Waals surface area contributed by atoms with E-state index in [1.54, 1.807) is 32.2 Å². The molecule has 0 atom stereocenters. The van der Waals surface area contributed by atoms with E-state index in [-0.39, 0.29) is 29.8 Å². The zero-order chi connectivity index (χ0) is 25.7. The van der Waals surface area contributed by atoms with Gasteiger partial charge in [-0.05, 0) is 50.1 Å². The molecule has 1 saturated heterocycles. The minimum Gasteiger partial charge on any atom is -0.496 e. The van der Waals surface area contributed by atoms with Gasteiger partial charge in [-0.15, -0.1) is 0 Å². The number of methoxy groups -OCH3 is 1. The van der Waals surface area contributed by atoms with Gasteiger partial charge in [-0.1, -0.05) is 28.1 Å². The maximum Gasteiger partial charge on any atom is 0.309 e. The monoisotopic (exact) mass is 560 g/mol. The highest BCUT2D eigenvalue weighted by Crippen LogP contribution is 2.35. The fourth-order valence-corrected chi connectivity index (χ4v) is 4.58. The molecule has 36 heavy (non-hydrogen) atoms. The van der Waals surface area contributed by atoms with Gasteiger partial charge in [0.2, 0.25) is 0 Å². The Labute approximate surface area is 217 Å². The maximum atomic E-state index is 14.9. The van der Waals surface area contributed by atoms with Crippen LogP contribution in [0.4, 0.5) is 14.6 Å². The molecular weight excluding hydrogens is 534 g/mol.